The third kappa shape index (κ3) is 2.36. The van der Waals surface area contributed by atoms with Gasteiger partial charge < -0.3 is 10.6 Å². The maximum absolute atomic E-state index is 12.6. The Balaban J connectivity index is 1.99. The fourth-order valence-electron chi connectivity index (χ4n) is 3.00. The molecule has 2 amide bonds. The zero-order valence-corrected chi connectivity index (χ0v) is 13.0. The van der Waals surface area contributed by atoms with Crippen molar-refractivity contribution >= 4 is 34.1 Å². The van der Waals surface area contributed by atoms with Gasteiger partial charge in [0.25, 0.3) is 5.69 Å². The van der Waals surface area contributed by atoms with Crippen molar-refractivity contribution < 1.29 is 14.5 Å². The quantitative estimate of drug-likeness (QED) is 0.506. The van der Waals surface area contributed by atoms with Crippen LogP contribution in [0.3, 0.4) is 0 Å². The first-order valence-corrected chi connectivity index (χ1v) is 7.55. The monoisotopic (exact) mass is 328 g/mol. The Kier molecular flexibility index (Phi) is 3.88. The molecule has 24 heavy (non-hydrogen) atoms. The van der Waals surface area contributed by atoms with Crippen LogP contribution in [-0.4, -0.2) is 28.8 Å². The van der Waals surface area contributed by atoms with E-state index in [9.17, 15) is 19.7 Å². The lowest BCUT2D eigenvalue weighted by Gasteiger charge is -2.37. The van der Waals surface area contributed by atoms with E-state index in [1.165, 1.54) is 31.4 Å². The number of fused-ring (bicyclic) bond motifs is 1. The normalized spacial score (nSPS) is 15.4. The van der Waals surface area contributed by atoms with Crippen molar-refractivity contribution in [1.82, 2.24) is 10.3 Å². The third-order valence-electron chi connectivity index (χ3n) is 4.52. The van der Waals surface area contributed by atoms with Gasteiger partial charge in [-0.3, -0.25) is 19.7 Å². The third-order valence-corrected chi connectivity index (χ3v) is 4.52. The van der Waals surface area contributed by atoms with E-state index >= 15 is 0 Å². The molecule has 0 bridgehead atoms. The van der Waals surface area contributed by atoms with Gasteiger partial charge in [0.1, 0.15) is 11.2 Å². The molecular weight excluding hydrogens is 312 g/mol. The second-order valence-electron chi connectivity index (χ2n) is 5.76. The van der Waals surface area contributed by atoms with Crippen molar-refractivity contribution in [2.45, 2.75) is 19.3 Å². The molecule has 8 heteroatoms. The van der Waals surface area contributed by atoms with Gasteiger partial charge in [-0.05, 0) is 18.9 Å². The number of carbonyl (C=O) groups excluding carboxylic acids is 2. The number of hydrogen-bond donors (Lipinski definition) is 2. The standard InChI is InChI=1S/C16H16N4O4/c1-17-14(21)16(7-3-8-16)15(22)19-13-11-4-2-5-12(20(23)24)10(11)6-9-18-13/h2,4-6,9H,3,7-8H2,1H3,(H,17,21)(H,18,19,22). The molecule has 1 fully saturated rings. The summed E-state index contributed by atoms with van der Waals surface area (Å²) in [6.07, 6.45) is 3.15. The lowest BCUT2D eigenvalue weighted by molar-refractivity contribution is -0.383. The Morgan fingerprint density at radius 2 is 1.96 bits per heavy atom. The van der Waals surface area contributed by atoms with E-state index in [0.29, 0.717) is 23.6 Å². The number of anilines is 1. The molecule has 2 aromatic rings. The average molecular weight is 328 g/mol. The first-order valence-electron chi connectivity index (χ1n) is 7.55. The van der Waals surface area contributed by atoms with Gasteiger partial charge in [0, 0.05) is 24.7 Å². The molecule has 0 radical (unpaired) electrons. The van der Waals surface area contributed by atoms with E-state index in [1.54, 1.807) is 6.07 Å². The molecule has 1 heterocycles. The number of aromatic nitrogens is 1. The molecule has 1 saturated carbocycles. The Morgan fingerprint density at radius 1 is 1.21 bits per heavy atom. The number of rotatable bonds is 4. The maximum atomic E-state index is 12.6. The lowest BCUT2D eigenvalue weighted by Crippen LogP contribution is -2.52. The molecule has 2 N–H and O–H groups in total. The van der Waals surface area contributed by atoms with E-state index in [2.05, 4.69) is 15.6 Å². The summed E-state index contributed by atoms with van der Waals surface area (Å²) in [5.74, 6) is -0.534. The number of benzene rings is 1. The van der Waals surface area contributed by atoms with Crippen LogP contribution in [0.1, 0.15) is 19.3 Å². The first kappa shape index (κ1) is 15.9. The molecule has 1 aromatic carbocycles. The highest BCUT2D eigenvalue weighted by atomic mass is 16.6. The van der Waals surface area contributed by atoms with Crippen LogP contribution in [-0.2, 0) is 9.59 Å². The van der Waals surface area contributed by atoms with Crippen LogP contribution in [0.2, 0.25) is 0 Å². The zero-order chi connectivity index (χ0) is 17.3. The number of carbonyl (C=O) groups is 2. The van der Waals surface area contributed by atoms with Crippen LogP contribution < -0.4 is 10.6 Å². The van der Waals surface area contributed by atoms with Crippen LogP contribution in [0.4, 0.5) is 11.5 Å². The van der Waals surface area contributed by atoms with Gasteiger partial charge in [-0.15, -0.1) is 0 Å². The van der Waals surface area contributed by atoms with Gasteiger partial charge in [-0.25, -0.2) is 4.98 Å². The molecule has 0 saturated heterocycles. The number of non-ortho nitro benzene ring substituents is 1. The van der Waals surface area contributed by atoms with Gasteiger partial charge in [0.15, 0.2) is 0 Å². The smallest absolute Gasteiger partial charge is 0.277 e. The number of hydrogen-bond acceptors (Lipinski definition) is 5. The van der Waals surface area contributed by atoms with Crippen LogP contribution in [0.15, 0.2) is 30.5 Å². The highest BCUT2D eigenvalue weighted by molar-refractivity contribution is 6.13. The van der Waals surface area contributed by atoms with Crippen molar-refractivity contribution in [3.05, 3.63) is 40.6 Å². The predicted octanol–water partition coefficient (Wildman–Crippen LogP) is 2.00. The maximum Gasteiger partial charge on any atom is 0.277 e. The lowest BCUT2D eigenvalue weighted by atomic mass is 9.67. The summed E-state index contributed by atoms with van der Waals surface area (Å²) < 4.78 is 0. The van der Waals surface area contributed by atoms with Crippen molar-refractivity contribution in [2.75, 3.05) is 12.4 Å². The Hall–Kier alpha value is -3.03. The fraction of sp³-hybridized carbons (Fsp3) is 0.312. The van der Waals surface area contributed by atoms with Gasteiger partial charge in [-0.1, -0.05) is 18.6 Å². The molecule has 1 aliphatic carbocycles. The first-order chi connectivity index (χ1) is 11.5. The number of nitrogens with zero attached hydrogens (tertiary/aromatic N) is 2. The Bertz CT molecular complexity index is 845. The van der Waals surface area contributed by atoms with Crippen molar-refractivity contribution in [3.8, 4) is 0 Å². The molecule has 0 atom stereocenters. The van der Waals surface area contributed by atoms with Crippen LogP contribution in [0.5, 0.6) is 0 Å². The van der Waals surface area contributed by atoms with Crippen molar-refractivity contribution in [1.29, 1.82) is 0 Å². The summed E-state index contributed by atoms with van der Waals surface area (Å²) in [7, 11) is 1.50. The predicted molar refractivity (Wildman–Crippen MR) is 87.4 cm³/mol. The summed E-state index contributed by atoms with van der Waals surface area (Å²) in [5, 5.41) is 17.2. The van der Waals surface area contributed by atoms with Gasteiger partial charge >= 0.3 is 0 Å². The van der Waals surface area contributed by atoms with Gasteiger partial charge in [0.05, 0.1) is 10.3 Å². The molecule has 124 valence electrons. The molecule has 8 nitrogen and oxygen atoms in total. The molecule has 0 aliphatic heterocycles. The van der Waals surface area contributed by atoms with E-state index < -0.39 is 16.2 Å². The van der Waals surface area contributed by atoms with Crippen LogP contribution in [0.25, 0.3) is 10.8 Å². The fourth-order valence-corrected chi connectivity index (χ4v) is 3.00. The minimum atomic E-state index is -1.08. The summed E-state index contributed by atoms with van der Waals surface area (Å²) in [5.41, 5.74) is -1.14. The molecule has 0 unspecified atom stereocenters. The second kappa shape index (κ2) is 5.88. The summed E-state index contributed by atoms with van der Waals surface area (Å²) in [6, 6.07) is 6.11. The van der Waals surface area contributed by atoms with E-state index in [1.807, 2.05) is 0 Å². The second-order valence-corrected chi connectivity index (χ2v) is 5.76. The number of nitro groups is 1. The molecule has 0 spiro atoms. The highest BCUT2D eigenvalue weighted by Crippen LogP contribution is 2.42. The summed E-state index contributed by atoms with van der Waals surface area (Å²) >= 11 is 0. The Morgan fingerprint density at radius 3 is 2.54 bits per heavy atom. The number of nitrogens with one attached hydrogen (secondary N) is 2. The molecule has 3 rings (SSSR count). The number of pyridine rings is 1. The molecular formula is C16H16N4O4. The number of nitro benzene ring substituents is 1. The largest absolute Gasteiger partial charge is 0.358 e. The SMILES string of the molecule is CNC(=O)C1(C(=O)Nc2nccc3c([N+](=O)[O-])cccc23)CCC1. The minimum Gasteiger partial charge on any atom is -0.358 e. The van der Waals surface area contributed by atoms with E-state index in [0.717, 1.165) is 6.42 Å². The summed E-state index contributed by atoms with van der Waals surface area (Å²) in [6.45, 7) is 0. The zero-order valence-electron chi connectivity index (χ0n) is 13.0. The summed E-state index contributed by atoms with van der Waals surface area (Å²) in [4.78, 5) is 39.5. The Labute approximate surface area is 137 Å². The average Bonchev–Trinajstić information content (AvgIpc) is 2.53. The number of amides is 2. The van der Waals surface area contributed by atoms with Crippen molar-refractivity contribution in [3.63, 3.8) is 0 Å². The topological polar surface area (TPSA) is 114 Å². The van der Waals surface area contributed by atoms with E-state index in [-0.39, 0.29) is 17.4 Å². The molecule has 1 aliphatic rings. The van der Waals surface area contributed by atoms with Crippen LogP contribution in [0, 0.1) is 15.5 Å². The highest BCUT2D eigenvalue weighted by Gasteiger charge is 2.50. The van der Waals surface area contributed by atoms with Gasteiger partial charge in [0.2, 0.25) is 11.8 Å². The van der Waals surface area contributed by atoms with Gasteiger partial charge in [-0.2, -0.15) is 0 Å². The van der Waals surface area contributed by atoms with Crippen LogP contribution >= 0.6 is 0 Å². The van der Waals surface area contributed by atoms with Crippen molar-refractivity contribution in [2.24, 2.45) is 5.41 Å². The minimum absolute atomic E-state index is 0.0601. The molecule has 1 aromatic heterocycles. The van der Waals surface area contributed by atoms with E-state index in [4.69, 9.17) is 0 Å².